The van der Waals surface area contributed by atoms with Crippen LogP contribution in [0.2, 0.25) is 0 Å². The molecule has 0 aliphatic heterocycles. The van der Waals surface area contributed by atoms with Crippen molar-refractivity contribution in [2.75, 3.05) is 24.3 Å². The zero-order valence-electron chi connectivity index (χ0n) is 13.9. The van der Waals surface area contributed by atoms with E-state index in [4.69, 9.17) is 0 Å². The Labute approximate surface area is 147 Å². The summed E-state index contributed by atoms with van der Waals surface area (Å²) in [5.74, 6) is 0.728. The highest BCUT2D eigenvalue weighted by atomic mass is 32.2. The third kappa shape index (κ3) is 3.70. The molecule has 8 heteroatoms. The Bertz CT molecular complexity index is 779. The zero-order valence-corrected chi connectivity index (χ0v) is 15.5. The van der Waals surface area contributed by atoms with Crippen molar-refractivity contribution in [3.05, 3.63) is 30.1 Å². The summed E-state index contributed by atoms with van der Waals surface area (Å²) >= 11 is 1.36. The van der Waals surface area contributed by atoms with Crippen LogP contribution in [0.4, 0.5) is 10.8 Å². The van der Waals surface area contributed by atoms with Gasteiger partial charge in [-0.25, -0.2) is 13.4 Å². The molecule has 1 aromatic heterocycles. The molecular weight excluding hydrogens is 344 g/mol. The molecule has 1 heterocycles. The van der Waals surface area contributed by atoms with Gasteiger partial charge in [-0.05, 0) is 37.1 Å². The van der Waals surface area contributed by atoms with E-state index in [1.54, 1.807) is 24.3 Å². The van der Waals surface area contributed by atoms with Gasteiger partial charge in [-0.3, -0.25) is 0 Å². The van der Waals surface area contributed by atoms with E-state index in [1.807, 2.05) is 19.0 Å². The van der Waals surface area contributed by atoms with Gasteiger partial charge in [-0.2, -0.15) is 4.37 Å². The second-order valence-corrected chi connectivity index (χ2v) is 9.18. The van der Waals surface area contributed by atoms with E-state index < -0.39 is 9.84 Å². The third-order valence-corrected chi connectivity index (χ3v) is 7.41. The lowest BCUT2D eigenvalue weighted by Crippen LogP contribution is -2.17. The van der Waals surface area contributed by atoms with Gasteiger partial charge in [0, 0.05) is 31.3 Å². The van der Waals surface area contributed by atoms with Crippen molar-refractivity contribution in [3.8, 4) is 0 Å². The van der Waals surface area contributed by atoms with E-state index in [0.717, 1.165) is 42.3 Å². The van der Waals surface area contributed by atoms with Gasteiger partial charge in [0.2, 0.25) is 5.13 Å². The fourth-order valence-corrected chi connectivity index (χ4v) is 5.29. The molecule has 1 aromatic carbocycles. The molecule has 1 N–H and O–H groups in total. The Balaban J connectivity index is 1.64. The van der Waals surface area contributed by atoms with Crippen molar-refractivity contribution in [2.24, 2.45) is 0 Å². The van der Waals surface area contributed by atoms with Crippen LogP contribution >= 0.6 is 11.5 Å². The molecule has 0 amide bonds. The number of rotatable bonds is 6. The first-order chi connectivity index (χ1) is 11.5. The lowest BCUT2D eigenvalue weighted by molar-refractivity contribution is 0.579. The fourth-order valence-electron chi connectivity index (χ4n) is 2.83. The van der Waals surface area contributed by atoms with Crippen LogP contribution in [-0.2, 0) is 16.4 Å². The van der Waals surface area contributed by atoms with Gasteiger partial charge in [-0.15, -0.1) is 0 Å². The van der Waals surface area contributed by atoms with Crippen LogP contribution in [0.25, 0.3) is 0 Å². The first-order valence-electron chi connectivity index (χ1n) is 8.04. The maximum Gasteiger partial charge on any atom is 0.204 e. The lowest BCUT2D eigenvalue weighted by Gasteiger charge is -2.12. The van der Waals surface area contributed by atoms with Gasteiger partial charge >= 0.3 is 0 Å². The zero-order chi connectivity index (χ0) is 17.2. The predicted molar refractivity (Wildman–Crippen MR) is 97.4 cm³/mol. The van der Waals surface area contributed by atoms with Crippen molar-refractivity contribution < 1.29 is 8.42 Å². The number of nitrogens with zero attached hydrogens (tertiary/aromatic N) is 3. The quantitative estimate of drug-likeness (QED) is 0.847. The minimum atomic E-state index is -3.19. The van der Waals surface area contributed by atoms with Gasteiger partial charge in [0.25, 0.3) is 0 Å². The van der Waals surface area contributed by atoms with Gasteiger partial charge in [-0.1, -0.05) is 12.8 Å². The van der Waals surface area contributed by atoms with Gasteiger partial charge < -0.3 is 10.2 Å². The Kier molecular flexibility index (Phi) is 5.05. The summed E-state index contributed by atoms with van der Waals surface area (Å²) in [4.78, 5) is 6.75. The van der Waals surface area contributed by atoms with Gasteiger partial charge in [0.15, 0.2) is 15.7 Å². The molecule has 6 nitrogen and oxygen atoms in total. The van der Waals surface area contributed by atoms with Crippen molar-refractivity contribution in [1.29, 1.82) is 0 Å². The van der Waals surface area contributed by atoms with E-state index in [1.165, 1.54) is 11.5 Å². The first-order valence-corrected chi connectivity index (χ1v) is 10.4. The van der Waals surface area contributed by atoms with Crippen LogP contribution in [-0.4, -0.2) is 37.1 Å². The summed E-state index contributed by atoms with van der Waals surface area (Å²) in [6.45, 7) is 0.513. The number of nitrogens with one attached hydrogen (secondary N) is 1. The summed E-state index contributed by atoms with van der Waals surface area (Å²) in [7, 11) is 0.678. The van der Waals surface area contributed by atoms with Crippen molar-refractivity contribution in [1.82, 2.24) is 9.36 Å². The minimum absolute atomic E-state index is 0.208. The van der Waals surface area contributed by atoms with Crippen molar-refractivity contribution in [3.63, 3.8) is 0 Å². The lowest BCUT2D eigenvalue weighted by atomic mass is 10.3. The summed E-state index contributed by atoms with van der Waals surface area (Å²) in [6.07, 6.45) is 3.59. The predicted octanol–water partition coefficient (Wildman–Crippen LogP) is 2.93. The second-order valence-electron chi connectivity index (χ2n) is 6.22. The Morgan fingerprint density at radius 3 is 2.46 bits per heavy atom. The molecule has 3 rings (SSSR count). The average Bonchev–Trinajstić information content (AvgIpc) is 3.25. The van der Waals surface area contributed by atoms with Crippen LogP contribution in [0.15, 0.2) is 29.2 Å². The summed E-state index contributed by atoms with van der Waals surface area (Å²) in [5.41, 5.74) is 0.863. The van der Waals surface area contributed by atoms with Crippen LogP contribution in [0.5, 0.6) is 0 Å². The highest BCUT2D eigenvalue weighted by Crippen LogP contribution is 2.30. The number of hydrogen-bond acceptors (Lipinski definition) is 7. The molecule has 0 spiro atoms. The van der Waals surface area contributed by atoms with Crippen LogP contribution < -0.4 is 10.2 Å². The molecule has 130 valence electrons. The summed E-state index contributed by atoms with van der Waals surface area (Å²) < 4.78 is 29.4. The number of aromatic nitrogens is 2. The summed E-state index contributed by atoms with van der Waals surface area (Å²) in [6, 6.07) is 6.99. The van der Waals surface area contributed by atoms with E-state index in [9.17, 15) is 8.42 Å². The Morgan fingerprint density at radius 1 is 1.21 bits per heavy atom. The van der Waals surface area contributed by atoms with Crippen molar-refractivity contribution >= 4 is 32.2 Å². The van der Waals surface area contributed by atoms with Gasteiger partial charge in [0.05, 0.1) is 16.7 Å². The highest BCUT2D eigenvalue weighted by Gasteiger charge is 2.30. The minimum Gasteiger partial charge on any atom is -0.378 e. The van der Waals surface area contributed by atoms with Crippen LogP contribution in [0.1, 0.15) is 31.5 Å². The van der Waals surface area contributed by atoms with Crippen LogP contribution in [0.3, 0.4) is 0 Å². The molecule has 0 saturated heterocycles. The SMILES string of the molecule is CN(C)c1nc(CNc2ccc(S(=O)(=O)C3CCCC3)cc2)ns1. The number of anilines is 2. The molecule has 1 fully saturated rings. The first kappa shape index (κ1) is 17.2. The molecule has 2 aromatic rings. The molecule has 0 radical (unpaired) electrons. The molecule has 1 aliphatic rings. The van der Waals surface area contributed by atoms with Crippen LogP contribution in [0, 0.1) is 0 Å². The normalized spacial score (nSPS) is 15.6. The number of hydrogen-bond donors (Lipinski definition) is 1. The summed E-state index contributed by atoms with van der Waals surface area (Å²) in [5, 5.41) is 3.89. The Morgan fingerprint density at radius 2 is 1.88 bits per heavy atom. The maximum absolute atomic E-state index is 12.5. The molecular formula is C16H22N4O2S2. The van der Waals surface area contributed by atoms with Crippen molar-refractivity contribution in [2.45, 2.75) is 42.4 Å². The molecule has 1 aliphatic carbocycles. The largest absolute Gasteiger partial charge is 0.378 e. The van der Waals surface area contributed by atoms with E-state index >= 15 is 0 Å². The second kappa shape index (κ2) is 7.06. The number of sulfone groups is 1. The molecule has 0 atom stereocenters. The van der Waals surface area contributed by atoms with Gasteiger partial charge in [0.1, 0.15) is 0 Å². The fraction of sp³-hybridized carbons (Fsp3) is 0.500. The van der Waals surface area contributed by atoms with E-state index in [2.05, 4.69) is 14.7 Å². The van der Waals surface area contributed by atoms with E-state index in [-0.39, 0.29) is 5.25 Å². The smallest absolute Gasteiger partial charge is 0.204 e. The Hall–Kier alpha value is -1.67. The maximum atomic E-state index is 12.5. The monoisotopic (exact) mass is 366 g/mol. The average molecular weight is 367 g/mol. The third-order valence-electron chi connectivity index (χ3n) is 4.21. The standard InChI is InChI=1S/C16H22N4O2S2/c1-20(2)16-18-15(19-23-16)11-17-12-7-9-14(10-8-12)24(21,22)13-5-3-4-6-13/h7-10,13,17H,3-6,11H2,1-2H3. The molecule has 0 unspecified atom stereocenters. The molecule has 1 saturated carbocycles. The highest BCUT2D eigenvalue weighted by molar-refractivity contribution is 7.92. The molecule has 0 bridgehead atoms. The van der Waals surface area contributed by atoms with E-state index in [0.29, 0.717) is 11.4 Å². The topological polar surface area (TPSA) is 75.2 Å². The number of benzene rings is 1. The molecule has 24 heavy (non-hydrogen) atoms.